The van der Waals surface area contributed by atoms with E-state index in [1.807, 2.05) is 0 Å². The Hall–Kier alpha value is -0.410. The third-order valence-electron chi connectivity index (χ3n) is 8.84. The highest BCUT2D eigenvalue weighted by Crippen LogP contribution is 2.39. The SMILES string of the molecule is CCCCCC1CCC(C(CO)COCC2CC=C(C3CCC(CF)CC3)CC2)CC1. The van der Waals surface area contributed by atoms with Crippen LogP contribution in [0.25, 0.3) is 0 Å². The van der Waals surface area contributed by atoms with E-state index in [0.717, 1.165) is 44.3 Å². The van der Waals surface area contributed by atoms with Crippen molar-refractivity contribution in [3.63, 3.8) is 0 Å². The van der Waals surface area contributed by atoms with Crippen molar-refractivity contribution >= 4 is 0 Å². The Kier molecular flexibility index (Phi) is 11.4. The summed E-state index contributed by atoms with van der Waals surface area (Å²) in [5.41, 5.74) is 1.65. The minimum atomic E-state index is -0.125. The Balaban J connectivity index is 1.30. The second kappa shape index (κ2) is 14.0. The lowest BCUT2D eigenvalue weighted by Gasteiger charge is -2.34. The minimum absolute atomic E-state index is 0.125. The molecule has 2 atom stereocenters. The van der Waals surface area contributed by atoms with Crippen LogP contribution in [-0.4, -0.2) is 31.6 Å². The van der Waals surface area contributed by atoms with Crippen molar-refractivity contribution in [1.82, 2.24) is 0 Å². The van der Waals surface area contributed by atoms with E-state index in [2.05, 4.69) is 13.0 Å². The Labute approximate surface area is 191 Å². The smallest absolute Gasteiger partial charge is 0.0922 e. The molecular weight excluding hydrogens is 387 g/mol. The molecule has 0 bridgehead atoms. The molecule has 0 aromatic rings. The molecule has 0 spiro atoms. The molecule has 2 unspecified atom stereocenters. The molecule has 0 saturated heterocycles. The van der Waals surface area contributed by atoms with E-state index < -0.39 is 0 Å². The van der Waals surface area contributed by atoms with Gasteiger partial charge in [0.1, 0.15) is 0 Å². The third kappa shape index (κ3) is 8.14. The molecule has 0 aromatic heterocycles. The molecule has 3 aliphatic carbocycles. The van der Waals surface area contributed by atoms with Crippen LogP contribution in [0.15, 0.2) is 11.6 Å². The monoisotopic (exact) mass is 436 g/mol. The first-order valence-corrected chi connectivity index (χ1v) is 13.7. The summed E-state index contributed by atoms with van der Waals surface area (Å²) in [6.07, 6.45) is 21.4. The molecule has 0 amide bonds. The highest BCUT2D eigenvalue weighted by Gasteiger charge is 2.28. The lowest BCUT2D eigenvalue weighted by atomic mass is 9.74. The summed E-state index contributed by atoms with van der Waals surface area (Å²) in [6.45, 7) is 4.02. The Bertz CT molecular complexity index is 503. The molecular formula is C28H49FO2. The molecule has 3 aliphatic rings. The normalized spacial score (nSPS) is 33.1. The molecule has 2 fully saturated rings. The van der Waals surface area contributed by atoms with E-state index in [1.165, 1.54) is 77.0 Å². The van der Waals surface area contributed by atoms with Gasteiger partial charge in [-0.25, -0.2) is 0 Å². The molecule has 0 aliphatic heterocycles. The molecule has 2 nitrogen and oxygen atoms in total. The van der Waals surface area contributed by atoms with Crippen LogP contribution in [0.5, 0.6) is 0 Å². The number of allylic oxidation sites excluding steroid dienone is 2. The van der Waals surface area contributed by atoms with E-state index >= 15 is 0 Å². The number of unbranched alkanes of at least 4 members (excludes halogenated alkanes) is 2. The van der Waals surface area contributed by atoms with Crippen molar-refractivity contribution in [3.8, 4) is 0 Å². The lowest BCUT2D eigenvalue weighted by molar-refractivity contribution is 0.0163. The Morgan fingerprint density at radius 1 is 0.968 bits per heavy atom. The summed E-state index contributed by atoms with van der Waals surface area (Å²) in [6, 6.07) is 0. The number of hydrogen-bond acceptors (Lipinski definition) is 2. The standard InChI is InChI=1S/C28H49FO2/c1-2-3-4-5-22-6-12-27(13-7-22)28(19-30)21-31-20-24-10-16-26(17-11-24)25-14-8-23(18-29)9-15-25/h16,22-25,27-28,30H,2-15,17-21H2,1H3. The molecule has 0 heterocycles. The van der Waals surface area contributed by atoms with Gasteiger partial charge >= 0.3 is 0 Å². The second-order valence-corrected chi connectivity index (χ2v) is 11.0. The molecule has 3 heteroatoms. The number of hydrogen-bond donors (Lipinski definition) is 1. The highest BCUT2D eigenvalue weighted by atomic mass is 19.1. The van der Waals surface area contributed by atoms with E-state index in [1.54, 1.807) is 5.57 Å². The summed E-state index contributed by atoms with van der Waals surface area (Å²) >= 11 is 0. The van der Waals surface area contributed by atoms with Gasteiger partial charge in [0, 0.05) is 19.1 Å². The van der Waals surface area contributed by atoms with Crippen LogP contribution < -0.4 is 0 Å². The molecule has 3 rings (SSSR count). The highest BCUT2D eigenvalue weighted by molar-refractivity contribution is 5.11. The maximum atomic E-state index is 12.8. The van der Waals surface area contributed by atoms with Gasteiger partial charge < -0.3 is 9.84 Å². The molecule has 0 aromatic carbocycles. The number of aliphatic hydroxyl groups is 1. The molecule has 0 radical (unpaired) electrons. The topological polar surface area (TPSA) is 29.5 Å². The van der Waals surface area contributed by atoms with Crippen molar-refractivity contribution in [2.45, 2.75) is 103 Å². The molecule has 31 heavy (non-hydrogen) atoms. The Morgan fingerprint density at radius 3 is 2.32 bits per heavy atom. The van der Waals surface area contributed by atoms with Gasteiger partial charge in [-0.3, -0.25) is 4.39 Å². The van der Waals surface area contributed by atoms with Gasteiger partial charge in [-0.05, 0) is 87.4 Å². The Morgan fingerprint density at radius 2 is 1.71 bits per heavy atom. The van der Waals surface area contributed by atoms with Crippen LogP contribution in [0.4, 0.5) is 4.39 Å². The summed E-state index contributed by atoms with van der Waals surface area (Å²) in [5.74, 6) is 3.61. The number of rotatable bonds is 12. The summed E-state index contributed by atoms with van der Waals surface area (Å²) in [7, 11) is 0. The van der Waals surface area contributed by atoms with Crippen LogP contribution in [-0.2, 0) is 4.74 Å². The second-order valence-electron chi connectivity index (χ2n) is 11.0. The summed E-state index contributed by atoms with van der Waals surface area (Å²) < 4.78 is 19.0. The molecule has 2 saturated carbocycles. The first kappa shape index (κ1) is 25.2. The average Bonchev–Trinajstić information content (AvgIpc) is 2.83. The van der Waals surface area contributed by atoms with Gasteiger partial charge in [0.25, 0.3) is 0 Å². The van der Waals surface area contributed by atoms with Gasteiger partial charge in [-0.15, -0.1) is 0 Å². The summed E-state index contributed by atoms with van der Waals surface area (Å²) in [4.78, 5) is 0. The first-order valence-electron chi connectivity index (χ1n) is 13.7. The zero-order valence-corrected chi connectivity index (χ0v) is 20.2. The predicted octanol–water partition coefficient (Wildman–Crippen LogP) is 7.50. The summed E-state index contributed by atoms with van der Waals surface area (Å²) in [5, 5.41) is 9.96. The maximum absolute atomic E-state index is 12.8. The van der Waals surface area contributed by atoms with E-state index in [-0.39, 0.29) is 13.3 Å². The zero-order chi connectivity index (χ0) is 21.9. The van der Waals surface area contributed by atoms with Crippen molar-refractivity contribution in [2.24, 2.45) is 35.5 Å². The first-order chi connectivity index (χ1) is 15.2. The van der Waals surface area contributed by atoms with Crippen molar-refractivity contribution < 1.29 is 14.2 Å². The fourth-order valence-corrected chi connectivity index (χ4v) is 6.47. The fourth-order valence-electron chi connectivity index (χ4n) is 6.47. The maximum Gasteiger partial charge on any atom is 0.0922 e. The van der Waals surface area contributed by atoms with Crippen molar-refractivity contribution in [3.05, 3.63) is 11.6 Å². The van der Waals surface area contributed by atoms with Crippen LogP contribution in [0, 0.1) is 35.5 Å². The van der Waals surface area contributed by atoms with Gasteiger partial charge in [-0.1, -0.05) is 57.1 Å². The van der Waals surface area contributed by atoms with Gasteiger partial charge in [-0.2, -0.15) is 0 Å². The van der Waals surface area contributed by atoms with Gasteiger partial charge in [0.05, 0.1) is 13.3 Å². The van der Waals surface area contributed by atoms with E-state index in [0.29, 0.717) is 23.7 Å². The number of ether oxygens (including phenoxy) is 1. The van der Waals surface area contributed by atoms with Crippen molar-refractivity contribution in [2.75, 3.05) is 26.5 Å². The minimum Gasteiger partial charge on any atom is -0.396 e. The van der Waals surface area contributed by atoms with Gasteiger partial charge in [0.15, 0.2) is 0 Å². The number of aliphatic hydroxyl groups excluding tert-OH is 1. The number of alkyl halides is 1. The quantitative estimate of drug-likeness (QED) is 0.253. The van der Waals surface area contributed by atoms with Crippen LogP contribution in [0.1, 0.15) is 103 Å². The number of halogens is 1. The predicted molar refractivity (Wildman–Crippen MR) is 128 cm³/mol. The van der Waals surface area contributed by atoms with Crippen LogP contribution >= 0.6 is 0 Å². The van der Waals surface area contributed by atoms with E-state index in [4.69, 9.17) is 4.74 Å². The molecule has 180 valence electrons. The van der Waals surface area contributed by atoms with E-state index in [9.17, 15) is 9.50 Å². The lowest BCUT2D eigenvalue weighted by Crippen LogP contribution is -2.29. The average molecular weight is 437 g/mol. The molecule has 1 N–H and O–H groups in total. The zero-order valence-electron chi connectivity index (χ0n) is 20.2. The van der Waals surface area contributed by atoms with Crippen molar-refractivity contribution in [1.29, 1.82) is 0 Å². The van der Waals surface area contributed by atoms with Gasteiger partial charge in [0.2, 0.25) is 0 Å². The van der Waals surface area contributed by atoms with Crippen LogP contribution in [0.2, 0.25) is 0 Å². The third-order valence-corrected chi connectivity index (χ3v) is 8.84. The largest absolute Gasteiger partial charge is 0.396 e. The van der Waals surface area contributed by atoms with Crippen LogP contribution in [0.3, 0.4) is 0 Å². The fraction of sp³-hybridized carbons (Fsp3) is 0.929.